The quantitative estimate of drug-likeness (QED) is 0.784. The van der Waals surface area contributed by atoms with Gasteiger partial charge in [0.05, 0.1) is 0 Å². The Morgan fingerprint density at radius 3 is 2.60 bits per heavy atom. The summed E-state index contributed by atoms with van der Waals surface area (Å²) in [7, 11) is 0. The predicted octanol–water partition coefficient (Wildman–Crippen LogP) is 4.16. The lowest BCUT2D eigenvalue weighted by molar-refractivity contribution is 0.428. The maximum Gasteiger partial charge on any atom is 0.137 e. The SMILES string of the molecule is CCc1nc(Cl)c(C)c(N2CCCC2C2CCCC2)n1. The van der Waals surface area contributed by atoms with Crippen molar-refractivity contribution in [3.05, 3.63) is 16.5 Å². The highest BCUT2D eigenvalue weighted by Crippen LogP contribution is 2.38. The van der Waals surface area contributed by atoms with Crippen molar-refractivity contribution in [1.29, 1.82) is 0 Å². The van der Waals surface area contributed by atoms with E-state index in [0.29, 0.717) is 11.2 Å². The van der Waals surface area contributed by atoms with E-state index in [1.807, 2.05) is 0 Å². The molecule has 0 spiro atoms. The molecule has 2 fully saturated rings. The Morgan fingerprint density at radius 2 is 1.90 bits per heavy atom. The Labute approximate surface area is 126 Å². The van der Waals surface area contributed by atoms with Crippen molar-refractivity contribution in [2.75, 3.05) is 11.4 Å². The third kappa shape index (κ3) is 2.52. The van der Waals surface area contributed by atoms with Crippen molar-refractivity contribution in [3.8, 4) is 0 Å². The van der Waals surface area contributed by atoms with Crippen molar-refractivity contribution in [1.82, 2.24) is 9.97 Å². The third-order valence-electron chi connectivity index (χ3n) is 4.94. The van der Waals surface area contributed by atoms with Crippen LogP contribution in [-0.4, -0.2) is 22.6 Å². The van der Waals surface area contributed by atoms with Gasteiger partial charge in [-0.25, -0.2) is 9.97 Å². The van der Waals surface area contributed by atoms with Crippen LogP contribution in [0.3, 0.4) is 0 Å². The number of aryl methyl sites for hydroxylation is 1. The smallest absolute Gasteiger partial charge is 0.137 e. The molecule has 3 rings (SSSR count). The van der Waals surface area contributed by atoms with E-state index in [1.54, 1.807) is 0 Å². The van der Waals surface area contributed by atoms with Crippen LogP contribution in [0.15, 0.2) is 0 Å². The van der Waals surface area contributed by atoms with Crippen molar-refractivity contribution < 1.29 is 0 Å². The second kappa shape index (κ2) is 5.88. The molecular formula is C16H24ClN3. The molecule has 1 aromatic rings. The first-order valence-corrected chi connectivity index (χ1v) is 8.38. The standard InChI is InChI=1S/C16H24ClN3/c1-3-14-18-15(17)11(2)16(19-14)20-10-6-9-13(20)12-7-4-5-8-12/h12-13H,3-10H2,1-2H3. The zero-order chi connectivity index (χ0) is 14.1. The van der Waals surface area contributed by atoms with Gasteiger partial charge in [-0.05, 0) is 38.5 Å². The van der Waals surface area contributed by atoms with E-state index in [0.717, 1.165) is 36.1 Å². The van der Waals surface area contributed by atoms with E-state index in [4.69, 9.17) is 16.6 Å². The highest BCUT2D eigenvalue weighted by molar-refractivity contribution is 6.30. The van der Waals surface area contributed by atoms with Crippen LogP contribution in [-0.2, 0) is 6.42 Å². The van der Waals surface area contributed by atoms with Gasteiger partial charge >= 0.3 is 0 Å². The number of rotatable bonds is 3. The van der Waals surface area contributed by atoms with Gasteiger partial charge in [-0.1, -0.05) is 31.4 Å². The van der Waals surface area contributed by atoms with E-state index >= 15 is 0 Å². The van der Waals surface area contributed by atoms with Gasteiger partial charge < -0.3 is 4.90 Å². The van der Waals surface area contributed by atoms with Crippen molar-refractivity contribution >= 4 is 17.4 Å². The molecule has 1 atom stereocenters. The van der Waals surface area contributed by atoms with Gasteiger partial charge in [-0.3, -0.25) is 0 Å². The lowest BCUT2D eigenvalue weighted by Gasteiger charge is -2.31. The van der Waals surface area contributed by atoms with Crippen LogP contribution in [0.1, 0.15) is 56.8 Å². The van der Waals surface area contributed by atoms with Gasteiger partial charge in [0.15, 0.2) is 0 Å². The van der Waals surface area contributed by atoms with Gasteiger partial charge in [-0.15, -0.1) is 0 Å². The number of anilines is 1. The first-order chi connectivity index (χ1) is 9.70. The molecule has 1 aliphatic carbocycles. The predicted molar refractivity (Wildman–Crippen MR) is 83.5 cm³/mol. The fourth-order valence-corrected chi connectivity index (χ4v) is 4.03. The average molecular weight is 294 g/mol. The molecule has 20 heavy (non-hydrogen) atoms. The Balaban J connectivity index is 1.92. The molecule has 1 saturated carbocycles. The Morgan fingerprint density at radius 1 is 1.15 bits per heavy atom. The summed E-state index contributed by atoms with van der Waals surface area (Å²) in [5.74, 6) is 2.82. The van der Waals surface area contributed by atoms with E-state index in [1.165, 1.54) is 38.5 Å². The summed E-state index contributed by atoms with van der Waals surface area (Å²) in [6, 6.07) is 0.673. The minimum Gasteiger partial charge on any atom is -0.353 e. The molecule has 0 amide bonds. The molecule has 1 aromatic heterocycles. The second-order valence-electron chi connectivity index (χ2n) is 6.18. The normalized spacial score (nSPS) is 23.8. The zero-order valence-corrected chi connectivity index (χ0v) is 13.3. The minimum absolute atomic E-state index is 0.629. The van der Waals surface area contributed by atoms with Crippen LogP contribution < -0.4 is 4.90 Å². The Bertz CT molecular complexity index is 483. The number of hydrogen-bond donors (Lipinski definition) is 0. The van der Waals surface area contributed by atoms with Crippen LogP contribution in [0, 0.1) is 12.8 Å². The molecule has 0 bridgehead atoms. The molecule has 110 valence electrons. The fraction of sp³-hybridized carbons (Fsp3) is 0.750. The average Bonchev–Trinajstić information content (AvgIpc) is 3.10. The zero-order valence-electron chi connectivity index (χ0n) is 12.5. The van der Waals surface area contributed by atoms with Crippen LogP contribution in [0.2, 0.25) is 5.15 Å². The van der Waals surface area contributed by atoms with E-state index in [9.17, 15) is 0 Å². The number of hydrogen-bond acceptors (Lipinski definition) is 3. The molecule has 1 aliphatic heterocycles. The molecule has 2 aliphatic rings. The van der Waals surface area contributed by atoms with Crippen LogP contribution >= 0.6 is 11.6 Å². The molecule has 0 N–H and O–H groups in total. The van der Waals surface area contributed by atoms with Gasteiger partial charge in [-0.2, -0.15) is 0 Å². The minimum atomic E-state index is 0.629. The van der Waals surface area contributed by atoms with Gasteiger partial charge in [0.25, 0.3) is 0 Å². The van der Waals surface area contributed by atoms with Crippen LogP contribution in [0.25, 0.3) is 0 Å². The topological polar surface area (TPSA) is 29.0 Å². The highest BCUT2D eigenvalue weighted by atomic mass is 35.5. The summed E-state index contributed by atoms with van der Waals surface area (Å²) in [5.41, 5.74) is 1.05. The summed E-state index contributed by atoms with van der Waals surface area (Å²) < 4.78 is 0. The van der Waals surface area contributed by atoms with Gasteiger partial charge in [0.2, 0.25) is 0 Å². The summed E-state index contributed by atoms with van der Waals surface area (Å²) in [5, 5.41) is 0.629. The largest absolute Gasteiger partial charge is 0.353 e. The molecule has 0 radical (unpaired) electrons. The first kappa shape index (κ1) is 14.1. The molecule has 3 nitrogen and oxygen atoms in total. The number of nitrogens with zero attached hydrogens (tertiary/aromatic N) is 3. The van der Waals surface area contributed by atoms with E-state index < -0.39 is 0 Å². The van der Waals surface area contributed by atoms with Crippen molar-refractivity contribution in [2.24, 2.45) is 5.92 Å². The van der Waals surface area contributed by atoms with Gasteiger partial charge in [0, 0.05) is 24.6 Å². The van der Waals surface area contributed by atoms with Gasteiger partial charge in [0.1, 0.15) is 16.8 Å². The number of aromatic nitrogens is 2. The Kier molecular flexibility index (Phi) is 4.16. The molecule has 1 unspecified atom stereocenters. The van der Waals surface area contributed by atoms with Crippen molar-refractivity contribution in [3.63, 3.8) is 0 Å². The summed E-state index contributed by atoms with van der Waals surface area (Å²) >= 11 is 6.31. The first-order valence-electron chi connectivity index (χ1n) is 8.00. The third-order valence-corrected chi connectivity index (χ3v) is 5.31. The van der Waals surface area contributed by atoms with Crippen LogP contribution in [0.5, 0.6) is 0 Å². The van der Waals surface area contributed by atoms with E-state index in [-0.39, 0.29) is 0 Å². The summed E-state index contributed by atoms with van der Waals surface area (Å²) in [4.78, 5) is 11.7. The number of halogens is 1. The fourth-order valence-electron chi connectivity index (χ4n) is 3.85. The Hall–Kier alpha value is -0.830. The maximum atomic E-state index is 6.31. The second-order valence-corrected chi connectivity index (χ2v) is 6.54. The summed E-state index contributed by atoms with van der Waals surface area (Å²) in [6.07, 6.45) is 9.02. The lowest BCUT2D eigenvalue weighted by Crippen LogP contribution is -2.36. The highest BCUT2D eigenvalue weighted by Gasteiger charge is 2.35. The van der Waals surface area contributed by atoms with Crippen LogP contribution in [0.4, 0.5) is 5.82 Å². The molecule has 2 heterocycles. The van der Waals surface area contributed by atoms with Crippen molar-refractivity contribution in [2.45, 2.75) is 64.8 Å². The molecular weight excluding hydrogens is 270 g/mol. The lowest BCUT2D eigenvalue weighted by atomic mass is 9.96. The molecule has 1 saturated heterocycles. The molecule has 4 heteroatoms. The monoisotopic (exact) mass is 293 g/mol. The molecule has 0 aromatic carbocycles. The maximum absolute atomic E-state index is 6.31. The van der Waals surface area contributed by atoms with E-state index in [2.05, 4.69) is 23.7 Å². The summed E-state index contributed by atoms with van der Waals surface area (Å²) in [6.45, 7) is 5.27.